The predicted molar refractivity (Wildman–Crippen MR) is 62.3 cm³/mol. The van der Waals surface area contributed by atoms with E-state index < -0.39 is 12.0 Å². The van der Waals surface area contributed by atoms with Crippen molar-refractivity contribution in [1.82, 2.24) is 4.57 Å². The number of nitrogens with two attached hydrogens (primary N) is 1. The second-order valence-corrected chi connectivity index (χ2v) is 3.80. The molecule has 0 aliphatic rings. The molecule has 1 aromatic carbocycles. The summed E-state index contributed by atoms with van der Waals surface area (Å²) in [6.07, 6.45) is 1.77. The molecule has 1 aromatic heterocycles. The van der Waals surface area contributed by atoms with Gasteiger partial charge in [0.15, 0.2) is 0 Å². The van der Waals surface area contributed by atoms with E-state index in [1.54, 1.807) is 29.0 Å². The number of carboxylic acids is 1. The highest BCUT2D eigenvalue weighted by Gasteiger charge is 2.13. The van der Waals surface area contributed by atoms with E-state index in [4.69, 9.17) is 16.1 Å². The molecule has 0 bridgehead atoms. The molecule has 0 aliphatic heterocycles. The zero-order valence-electron chi connectivity index (χ0n) is 9.00. The molecule has 86 valence electrons. The normalized spacial score (nSPS) is 12.2. The van der Waals surface area contributed by atoms with Crippen LogP contribution < -0.4 is 5.73 Å². The van der Waals surface area contributed by atoms with E-state index in [2.05, 4.69) is 6.07 Å². The Labute approximate surface area is 97.7 Å². The Morgan fingerprint density at radius 2 is 2.29 bits per heavy atom. The molecule has 2 aromatic rings. The Morgan fingerprint density at radius 1 is 1.53 bits per heavy atom. The van der Waals surface area contributed by atoms with Crippen LogP contribution in [0.4, 0.5) is 0 Å². The number of aliphatic carboxylic acids is 1. The first-order chi connectivity index (χ1) is 8.11. The fourth-order valence-electron chi connectivity index (χ4n) is 1.72. The number of benzene rings is 1. The largest absolute Gasteiger partial charge is 0.480 e. The molecule has 1 heterocycles. The quantitative estimate of drug-likeness (QED) is 0.818. The lowest BCUT2D eigenvalue weighted by Gasteiger charge is -2.09. The maximum absolute atomic E-state index is 10.7. The van der Waals surface area contributed by atoms with E-state index in [1.165, 1.54) is 0 Å². The number of nitrogens with zero attached hydrogens (tertiary/aromatic N) is 2. The lowest BCUT2D eigenvalue weighted by atomic mass is 10.2. The van der Waals surface area contributed by atoms with Crippen molar-refractivity contribution in [2.24, 2.45) is 5.73 Å². The second kappa shape index (κ2) is 4.28. The number of carbonyl (C=O) groups is 1. The smallest absolute Gasteiger partial charge is 0.322 e. The van der Waals surface area contributed by atoms with Crippen molar-refractivity contribution < 1.29 is 9.90 Å². The molecule has 0 aliphatic carbocycles. The van der Waals surface area contributed by atoms with E-state index in [-0.39, 0.29) is 6.54 Å². The maximum atomic E-state index is 10.7. The molecule has 3 N–H and O–H groups in total. The van der Waals surface area contributed by atoms with E-state index in [1.807, 2.05) is 6.07 Å². The van der Waals surface area contributed by atoms with Gasteiger partial charge in [-0.05, 0) is 24.3 Å². The Balaban J connectivity index is 2.37. The highest BCUT2D eigenvalue weighted by molar-refractivity contribution is 5.82. The first-order valence-corrected chi connectivity index (χ1v) is 5.09. The molecule has 0 fully saturated rings. The van der Waals surface area contributed by atoms with Crippen LogP contribution in [-0.4, -0.2) is 21.7 Å². The van der Waals surface area contributed by atoms with Crippen LogP contribution in [0.5, 0.6) is 0 Å². The van der Waals surface area contributed by atoms with Gasteiger partial charge in [-0.1, -0.05) is 0 Å². The molecule has 0 saturated carbocycles. The summed E-state index contributed by atoms with van der Waals surface area (Å²) in [5.74, 6) is -1.03. The molecule has 1 atom stereocenters. The fraction of sp³-hybridized carbons (Fsp3) is 0.167. The van der Waals surface area contributed by atoms with Gasteiger partial charge in [-0.15, -0.1) is 0 Å². The molecule has 5 heteroatoms. The Morgan fingerprint density at radius 3 is 2.94 bits per heavy atom. The molecular formula is C12H11N3O2. The fourth-order valence-corrected chi connectivity index (χ4v) is 1.72. The average Bonchev–Trinajstić information content (AvgIpc) is 2.71. The minimum Gasteiger partial charge on any atom is -0.480 e. The monoisotopic (exact) mass is 229 g/mol. The minimum atomic E-state index is -1.03. The van der Waals surface area contributed by atoms with Crippen molar-refractivity contribution in [2.75, 3.05) is 0 Å². The molecule has 17 heavy (non-hydrogen) atoms. The van der Waals surface area contributed by atoms with Gasteiger partial charge in [0.05, 0.1) is 11.6 Å². The highest BCUT2D eigenvalue weighted by atomic mass is 16.4. The maximum Gasteiger partial charge on any atom is 0.322 e. The molecular weight excluding hydrogens is 218 g/mol. The molecule has 0 amide bonds. The number of hydrogen-bond donors (Lipinski definition) is 2. The van der Waals surface area contributed by atoms with E-state index in [0.717, 1.165) is 10.9 Å². The van der Waals surface area contributed by atoms with Crippen LogP contribution in [0.15, 0.2) is 30.5 Å². The molecule has 0 saturated heterocycles. The van der Waals surface area contributed by atoms with Crippen molar-refractivity contribution in [1.29, 1.82) is 5.26 Å². The van der Waals surface area contributed by atoms with E-state index in [0.29, 0.717) is 5.56 Å². The van der Waals surface area contributed by atoms with Crippen molar-refractivity contribution in [3.63, 3.8) is 0 Å². The zero-order chi connectivity index (χ0) is 12.4. The van der Waals surface area contributed by atoms with Crippen LogP contribution in [0.3, 0.4) is 0 Å². The van der Waals surface area contributed by atoms with Crippen LogP contribution in [0.1, 0.15) is 5.56 Å². The molecule has 1 unspecified atom stereocenters. The van der Waals surface area contributed by atoms with Crippen LogP contribution in [0, 0.1) is 11.3 Å². The summed E-state index contributed by atoms with van der Waals surface area (Å²) in [6.45, 7) is 0.213. The number of hydrogen-bond acceptors (Lipinski definition) is 3. The predicted octanol–water partition coefficient (Wildman–Crippen LogP) is 0.925. The SMILES string of the molecule is N#Cc1ccc2c(ccn2CC(N)C(=O)O)c1. The molecule has 2 rings (SSSR count). The first kappa shape index (κ1) is 11.2. The number of carboxylic acid groups (broad SMARTS) is 1. The summed E-state index contributed by atoms with van der Waals surface area (Å²) in [6, 6.07) is 8.22. The summed E-state index contributed by atoms with van der Waals surface area (Å²) >= 11 is 0. The van der Waals surface area contributed by atoms with Gasteiger partial charge in [-0.25, -0.2) is 0 Å². The Hall–Kier alpha value is -2.32. The van der Waals surface area contributed by atoms with Gasteiger partial charge >= 0.3 is 5.97 Å². The van der Waals surface area contributed by atoms with Gasteiger partial charge in [0, 0.05) is 23.6 Å². The van der Waals surface area contributed by atoms with Gasteiger partial charge in [0.25, 0.3) is 0 Å². The lowest BCUT2D eigenvalue weighted by molar-refractivity contribution is -0.138. The number of fused-ring (bicyclic) bond motifs is 1. The summed E-state index contributed by atoms with van der Waals surface area (Å²) in [7, 11) is 0. The second-order valence-electron chi connectivity index (χ2n) is 3.80. The van der Waals surface area contributed by atoms with Crippen LogP contribution in [0.25, 0.3) is 10.9 Å². The van der Waals surface area contributed by atoms with Gasteiger partial charge in [-0.2, -0.15) is 5.26 Å². The third-order valence-corrected chi connectivity index (χ3v) is 2.61. The number of rotatable bonds is 3. The molecule has 0 radical (unpaired) electrons. The molecule has 5 nitrogen and oxygen atoms in total. The van der Waals surface area contributed by atoms with Crippen LogP contribution >= 0.6 is 0 Å². The summed E-state index contributed by atoms with van der Waals surface area (Å²) in [5.41, 5.74) is 6.94. The summed E-state index contributed by atoms with van der Waals surface area (Å²) in [4.78, 5) is 10.7. The standard InChI is InChI=1S/C12H11N3O2/c13-6-8-1-2-11-9(5-8)3-4-15(11)7-10(14)12(16)17/h1-5,10H,7,14H2,(H,16,17). The lowest BCUT2D eigenvalue weighted by Crippen LogP contribution is -2.34. The van der Waals surface area contributed by atoms with Gasteiger partial charge < -0.3 is 15.4 Å². The average molecular weight is 229 g/mol. The summed E-state index contributed by atoms with van der Waals surface area (Å²) in [5, 5.41) is 18.4. The van der Waals surface area contributed by atoms with Gasteiger partial charge in [0.2, 0.25) is 0 Å². The van der Waals surface area contributed by atoms with E-state index in [9.17, 15) is 4.79 Å². The van der Waals surface area contributed by atoms with Gasteiger partial charge in [-0.3, -0.25) is 4.79 Å². The highest BCUT2D eigenvalue weighted by Crippen LogP contribution is 2.17. The molecule has 0 spiro atoms. The van der Waals surface area contributed by atoms with Crippen molar-refractivity contribution in [3.8, 4) is 6.07 Å². The Bertz CT molecular complexity index is 610. The third-order valence-electron chi connectivity index (χ3n) is 2.61. The van der Waals surface area contributed by atoms with Gasteiger partial charge in [0.1, 0.15) is 6.04 Å². The van der Waals surface area contributed by atoms with Crippen molar-refractivity contribution >= 4 is 16.9 Å². The minimum absolute atomic E-state index is 0.213. The van der Waals surface area contributed by atoms with E-state index >= 15 is 0 Å². The number of aromatic nitrogens is 1. The topological polar surface area (TPSA) is 92.0 Å². The van der Waals surface area contributed by atoms with Crippen molar-refractivity contribution in [2.45, 2.75) is 12.6 Å². The van der Waals surface area contributed by atoms with Crippen LogP contribution in [-0.2, 0) is 11.3 Å². The number of nitriles is 1. The van der Waals surface area contributed by atoms with Crippen LogP contribution in [0.2, 0.25) is 0 Å². The Kier molecular flexibility index (Phi) is 2.81. The first-order valence-electron chi connectivity index (χ1n) is 5.09. The third kappa shape index (κ3) is 2.12. The van der Waals surface area contributed by atoms with Crippen molar-refractivity contribution in [3.05, 3.63) is 36.0 Å². The summed E-state index contributed by atoms with van der Waals surface area (Å²) < 4.78 is 1.77. The zero-order valence-corrected chi connectivity index (χ0v) is 9.00.